The molecule has 5 aliphatic rings. The number of carboxylic acid groups (broad SMARTS) is 1. The van der Waals surface area contributed by atoms with Crippen molar-refractivity contribution >= 4 is 17.7 Å². The molecule has 0 spiro atoms. The van der Waals surface area contributed by atoms with Gasteiger partial charge in [0.25, 0.3) is 0 Å². The number of aliphatic hydroxyl groups excluding tert-OH is 1. The molecule has 4 fully saturated rings. The third kappa shape index (κ3) is 7.47. The van der Waals surface area contributed by atoms with Crippen LogP contribution in [0.15, 0.2) is 35.4 Å². The van der Waals surface area contributed by atoms with Crippen LogP contribution in [0.25, 0.3) is 0 Å². The predicted octanol–water partition coefficient (Wildman–Crippen LogP) is 8.94. The molecular weight excluding hydrogens is 720 g/mol. The third-order valence-electron chi connectivity index (χ3n) is 17.1. The number of carbonyl (C=O) groups is 3. The fourth-order valence-corrected chi connectivity index (χ4v) is 13.8. The van der Waals surface area contributed by atoms with Gasteiger partial charge in [-0.25, -0.2) is 4.39 Å². The van der Waals surface area contributed by atoms with Gasteiger partial charge in [-0.15, -0.1) is 0 Å². The van der Waals surface area contributed by atoms with Crippen LogP contribution in [-0.2, 0) is 25.7 Å². The van der Waals surface area contributed by atoms with Gasteiger partial charge in [-0.2, -0.15) is 0 Å². The molecule has 2 N–H and O–H groups in total. The smallest absolute Gasteiger partial charge is 0.309 e. The number of hydrogen-bond acceptors (Lipinski definition) is 7. The molecule has 4 saturated carbocycles. The number of allylic oxidation sites excluding steroid dienone is 1. The first kappa shape index (κ1) is 43.9. The molecule has 0 saturated heterocycles. The van der Waals surface area contributed by atoms with E-state index in [1.54, 1.807) is 13.8 Å². The molecule has 6 rings (SSSR count). The normalized spacial score (nSPS) is 35.5. The van der Waals surface area contributed by atoms with E-state index in [2.05, 4.69) is 72.4 Å². The minimum absolute atomic E-state index is 0.0183. The van der Waals surface area contributed by atoms with Gasteiger partial charge in [-0.3, -0.25) is 19.3 Å². The van der Waals surface area contributed by atoms with Crippen LogP contribution in [0.1, 0.15) is 132 Å². The van der Waals surface area contributed by atoms with Gasteiger partial charge >= 0.3 is 11.9 Å². The summed E-state index contributed by atoms with van der Waals surface area (Å²) in [4.78, 5) is 43.7. The van der Waals surface area contributed by atoms with Crippen molar-refractivity contribution in [3.8, 4) is 0 Å². The molecule has 0 amide bonds. The molecule has 8 nitrogen and oxygen atoms in total. The first-order valence-electron chi connectivity index (χ1n) is 21.9. The van der Waals surface area contributed by atoms with Gasteiger partial charge in [-0.05, 0) is 142 Å². The highest BCUT2D eigenvalue weighted by molar-refractivity contribution is 6.00. The lowest BCUT2D eigenvalue weighted by Gasteiger charge is -2.72. The van der Waals surface area contributed by atoms with Crippen molar-refractivity contribution in [2.45, 2.75) is 145 Å². The quantitative estimate of drug-likeness (QED) is 0.191. The van der Waals surface area contributed by atoms with Crippen molar-refractivity contribution in [2.75, 3.05) is 33.7 Å². The van der Waals surface area contributed by atoms with Crippen LogP contribution in [0.2, 0.25) is 0 Å². The van der Waals surface area contributed by atoms with E-state index in [0.29, 0.717) is 31.3 Å². The second kappa shape index (κ2) is 15.4. The summed E-state index contributed by atoms with van der Waals surface area (Å²) in [6.07, 6.45) is 6.88. The number of aliphatic hydroxyl groups is 1. The maximum Gasteiger partial charge on any atom is 0.309 e. The maximum absolute atomic E-state index is 14.3. The van der Waals surface area contributed by atoms with Gasteiger partial charge < -0.3 is 19.8 Å². The highest BCUT2D eigenvalue weighted by Crippen LogP contribution is 2.77. The Hall–Kier alpha value is -2.62. The molecule has 0 aliphatic heterocycles. The van der Waals surface area contributed by atoms with Crippen LogP contribution in [0.5, 0.6) is 0 Å². The number of ketones is 1. The van der Waals surface area contributed by atoms with Crippen molar-refractivity contribution in [1.82, 2.24) is 9.80 Å². The summed E-state index contributed by atoms with van der Waals surface area (Å²) < 4.78 is 20.0. The number of fused-ring (bicyclic) bond motifs is 7. The summed E-state index contributed by atoms with van der Waals surface area (Å²) in [5.74, 6) is -0.380. The largest absolute Gasteiger partial charge is 0.481 e. The number of Topliss-reactive ketones (excluding diaryl/α,β-unsaturated/α-hetero) is 1. The van der Waals surface area contributed by atoms with Crippen molar-refractivity contribution in [3.05, 3.63) is 46.8 Å². The minimum Gasteiger partial charge on any atom is -0.481 e. The average molecular weight is 793 g/mol. The molecule has 9 heteroatoms. The lowest BCUT2D eigenvalue weighted by atomic mass is 9.33. The Bertz CT molecular complexity index is 1740. The molecule has 0 heterocycles. The Morgan fingerprint density at radius 2 is 1.58 bits per heavy atom. The highest BCUT2D eigenvalue weighted by atomic mass is 19.1. The summed E-state index contributed by atoms with van der Waals surface area (Å²) in [5.41, 5.74) is 1.21. The fraction of sp³-hybridized carbons (Fsp3) is 0.771. The number of halogens is 1. The molecule has 5 aliphatic carbocycles. The third-order valence-corrected chi connectivity index (χ3v) is 17.1. The standard InChI is InChI=1S/C48H73FN2O6/c1-30(2)40-34(52)26-48(37(53)29-51(25-24-50(10)11)28-31-12-14-32(49)15-13-31)23-22-46(8)33(41(40)48)16-17-36-45(7)20-19-38(57-39(54)27-43(3,4)42(55)56)44(5,6)35(45)18-21-47(36,46)9/h12-15,30,33,35-38,53H,16-29H2,1-11H3,(H,55,56)/t33-,35?,36-,37+,38+,45+,46-,47-,48+/m1/s1. The number of benzene rings is 1. The van der Waals surface area contributed by atoms with Crippen LogP contribution >= 0.6 is 0 Å². The van der Waals surface area contributed by atoms with Crippen LogP contribution in [0.3, 0.4) is 0 Å². The van der Waals surface area contributed by atoms with Gasteiger partial charge in [0.05, 0.1) is 17.9 Å². The summed E-state index contributed by atoms with van der Waals surface area (Å²) in [6.45, 7) is 22.2. The number of rotatable bonds is 13. The molecular formula is C48H73FN2O6. The molecule has 318 valence electrons. The molecule has 57 heavy (non-hydrogen) atoms. The number of carboxylic acids is 1. The molecule has 1 aromatic rings. The van der Waals surface area contributed by atoms with Gasteiger partial charge in [0, 0.05) is 43.4 Å². The maximum atomic E-state index is 14.3. The molecule has 1 unspecified atom stereocenters. The number of esters is 1. The van der Waals surface area contributed by atoms with E-state index >= 15 is 0 Å². The Kier molecular flexibility index (Phi) is 11.9. The van der Waals surface area contributed by atoms with Crippen LogP contribution in [0, 0.1) is 62.0 Å². The molecule has 0 radical (unpaired) electrons. The van der Waals surface area contributed by atoms with Gasteiger partial charge in [-0.1, -0.05) is 66.2 Å². The summed E-state index contributed by atoms with van der Waals surface area (Å²) in [5, 5.41) is 22.3. The van der Waals surface area contributed by atoms with Crippen LogP contribution in [-0.4, -0.2) is 83.7 Å². The number of ether oxygens (including phenoxy) is 1. The van der Waals surface area contributed by atoms with Gasteiger partial charge in [0.2, 0.25) is 0 Å². The number of carbonyl (C=O) groups excluding carboxylic acids is 2. The zero-order valence-electron chi connectivity index (χ0n) is 37.0. The molecule has 0 bridgehead atoms. The Morgan fingerprint density at radius 1 is 0.912 bits per heavy atom. The molecule has 9 atom stereocenters. The minimum atomic E-state index is -1.18. The lowest BCUT2D eigenvalue weighted by molar-refractivity contribution is -0.235. The zero-order valence-corrected chi connectivity index (χ0v) is 37.0. The van der Waals surface area contributed by atoms with E-state index in [4.69, 9.17) is 4.74 Å². The number of aliphatic carboxylic acids is 1. The number of likely N-dealkylation sites (N-methyl/N-ethyl adjacent to an activating group) is 1. The number of nitrogens with zero attached hydrogens (tertiary/aromatic N) is 2. The van der Waals surface area contributed by atoms with E-state index in [9.17, 15) is 29.0 Å². The van der Waals surface area contributed by atoms with E-state index in [1.807, 2.05) is 12.1 Å². The van der Waals surface area contributed by atoms with Crippen molar-refractivity contribution < 1.29 is 33.7 Å². The predicted molar refractivity (Wildman–Crippen MR) is 222 cm³/mol. The van der Waals surface area contributed by atoms with Gasteiger partial charge in [0.1, 0.15) is 11.9 Å². The summed E-state index contributed by atoms with van der Waals surface area (Å²) in [6, 6.07) is 6.65. The first-order chi connectivity index (χ1) is 26.4. The van der Waals surface area contributed by atoms with E-state index in [1.165, 1.54) is 17.7 Å². The topological polar surface area (TPSA) is 107 Å². The Labute approximate surface area is 342 Å². The monoisotopic (exact) mass is 793 g/mol. The Balaban J connectivity index is 1.29. The van der Waals surface area contributed by atoms with Crippen LogP contribution < -0.4 is 0 Å². The van der Waals surface area contributed by atoms with Crippen LogP contribution in [0.4, 0.5) is 4.39 Å². The highest BCUT2D eigenvalue weighted by Gasteiger charge is 2.71. The number of hydrogen-bond donors (Lipinski definition) is 2. The SMILES string of the molecule is CC(C)C1=C2[C@H]3CC[C@@H]4[C@@]5(C)CC[C@H](OC(=O)CC(C)(C)C(=O)O)C(C)(C)C5CC[C@@]4(C)[C@]3(C)CC[C@@]2([C@@H](O)CN(CCN(C)C)Cc2ccc(F)cc2)CC1=O. The average Bonchev–Trinajstić information content (AvgIpc) is 3.42. The van der Waals surface area contributed by atoms with Gasteiger partial charge in [0.15, 0.2) is 5.78 Å². The molecule has 0 aromatic heterocycles. The molecule has 1 aromatic carbocycles. The van der Waals surface area contributed by atoms with E-state index in [0.717, 1.165) is 75.6 Å². The fourth-order valence-electron chi connectivity index (χ4n) is 13.8. The zero-order chi connectivity index (χ0) is 42.1. The second-order valence-electron chi connectivity index (χ2n) is 21.7. The van der Waals surface area contributed by atoms with Crippen molar-refractivity contribution in [1.29, 1.82) is 0 Å². The van der Waals surface area contributed by atoms with Crippen molar-refractivity contribution in [2.24, 2.45) is 56.2 Å². The Morgan fingerprint density at radius 3 is 2.19 bits per heavy atom. The first-order valence-corrected chi connectivity index (χ1v) is 21.9. The second-order valence-corrected chi connectivity index (χ2v) is 21.7. The van der Waals surface area contributed by atoms with E-state index < -0.39 is 28.9 Å². The van der Waals surface area contributed by atoms with E-state index in [-0.39, 0.29) is 57.6 Å². The summed E-state index contributed by atoms with van der Waals surface area (Å²) >= 11 is 0. The van der Waals surface area contributed by atoms with Crippen molar-refractivity contribution in [3.63, 3.8) is 0 Å². The summed E-state index contributed by atoms with van der Waals surface area (Å²) in [7, 11) is 4.10. The lowest BCUT2D eigenvalue weighted by Crippen LogP contribution is -2.66.